The van der Waals surface area contributed by atoms with E-state index in [1.807, 2.05) is 6.07 Å². The Bertz CT molecular complexity index is 601. The number of ether oxygens (including phenoxy) is 3. The molecule has 0 spiro atoms. The Hall–Kier alpha value is -2.65. The summed E-state index contributed by atoms with van der Waals surface area (Å²) in [5.74, 6) is -1.20. The minimum absolute atomic E-state index is 0.0415. The molecule has 21 heavy (non-hydrogen) atoms. The predicted molar refractivity (Wildman–Crippen MR) is 73.8 cm³/mol. The van der Waals surface area contributed by atoms with E-state index < -0.39 is 11.9 Å². The fourth-order valence-corrected chi connectivity index (χ4v) is 1.47. The van der Waals surface area contributed by atoms with Crippen LogP contribution >= 0.6 is 0 Å². The lowest BCUT2D eigenvalue weighted by molar-refractivity contribution is -0.130. The lowest BCUT2D eigenvalue weighted by Crippen LogP contribution is -2.14. The highest BCUT2D eigenvalue weighted by molar-refractivity contribution is 5.94. The van der Waals surface area contributed by atoms with Crippen molar-refractivity contribution in [3.8, 4) is 11.8 Å². The Balaban J connectivity index is 2.98. The zero-order valence-electron chi connectivity index (χ0n) is 11.8. The number of esters is 2. The van der Waals surface area contributed by atoms with Gasteiger partial charge in [-0.1, -0.05) is 6.58 Å². The number of rotatable bonds is 6. The summed E-state index contributed by atoms with van der Waals surface area (Å²) in [5.41, 5.74) is 0.325. The smallest absolute Gasteiger partial charge is 0.341 e. The molecule has 110 valence electrons. The molecule has 0 radical (unpaired) electrons. The molecular weight excluding hydrogens is 274 g/mol. The third-order valence-corrected chi connectivity index (χ3v) is 2.42. The molecule has 0 saturated heterocycles. The molecule has 0 aliphatic heterocycles. The summed E-state index contributed by atoms with van der Waals surface area (Å²) in [6.07, 6.45) is 0. The maximum atomic E-state index is 11.7. The predicted octanol–water partition coefficient (Wildman–Crippen LogP) is 1.84. The molecule has 0 bridgehead atoms. The summed E-state index contributed by atoms with van der Waals surface area (Å²) >= 11 is 0. The second kappa shape index (κ2) is 7.82. The molecule has 1 rings (SSSR count). The molecule has 0 unspecified atom stereocenters. The Morgan fingerprint density at radius 3 is 2.67 bits per heavy atom. The number of carbonyl (C=O) groups is 2. The minimum Gasteiger partial charge on any atom is -0.462 e. The van der Waals surface area contributed by atoms with Crippen LogP contribution in [0.1, 0.15) is 22.8 Å². The van der Waals surface area contributed by atoms with Gasteiger partial charge in [-0.25, -0.2) is 9.59 Å². The van der Waals surface area contributed by atoms with Crippen molar-refractivity contribution >= 4 is 11.9 Å². The van der Waals surface area contributed by atoms with Gasteiger partial charge in [-0.3, -0.25) is 0 Å². The number of benzene rings is 1. The number of hydrogen-bond acceptors (Lipinski definition) is 6. The van der Waals surface area contributed by atoms with Crippen molar-refractivity contribution in [2.75, 3.05) is 20.3 Å². The molecule has 0 heterocycles. The Labute approximate surface area is 122 Å². The molecule has 6 heteroatoms. The molecule has 1 aromatic carbocycles. The average molecular weight is 289 g/mol. The van der Waals surface area contributed by atoms with Crippen molar-refractivity contribution in [3.05, 3.63) is 41.5 Å². The van der Waals surface area contributed by atoms with E-state index in [-0.39, 0.29) is 35.7 Å². The zero-order chi connectivity index (χ0) is 15.8. The van der Waals surface area contributed by atoms with Crippen molar-refractivity contribution < 1.29 is 23.8 Å². The van der Waals surface area contributed by atoms with Crippen LogP contribution in [0.4, 0.5) is 0 Å². The zero-order valence-corrected chi connectivity index (χ0v) is 11.8. The van der Waals surface area contributed by atoms with E-state index in [1.54, 1.807) is 6.92 Å². The highest BCUT2D eigenvalue weighted by Crippen LogP contribution is 2.19. The van der Waals surface area contributed by atoms with Crippen molar-refractivity contribution in [2.24, 2.45) is 0 Å². The molecule has 6 nitrogen and oxygen atoms in total. The largest absolute Gasteiger partial charge is 0.462 e. The molecule has 0 saturated carbocycles. The van der Waals surface area contributed by atoms with Gasteiger partial charge in [0.25, 0.3) is 0 Å². The van der Waals surface area contributed by atoms with Gasteiger partial charge in [0, 0.05) is 7.11 Å². The van der Waals surface area contributed by atoms with Crippen molar-refractivity contribution in [2.45, 2.75) is 6.92 Å². The van der Waals surface area contributed by atoms with Crippen molar-refractivity contribution in [1.29, 1.82) is 5.26 Å². The van der Waals surface area contributed by atoms with E-state index in [9.17, 15) is 9.59 Å². The molecule has 0 aromatic heterocycles. The molecule has 0 N–H and O–H groups in total. The van der Waals surface area contributed by atoms with E-state index in [1.165, 1.54) is 25.3 Å². The highest BCUT2D eigenvalue weighted by atomic mass is 16.5. The molecule has 0 amide bonds. The lowest BCUT2D eigenvalue weighted by Gasteiger charge is -2.08. The third-order valence-electron chi connectivity index (χ3n) is 2.42. The van der Waals surface area contributed by atoms with E-state index in [2.05, 4.69) is 6.58 Å². The van der Waals surface area contributed by atoms with Gasteiger partial charge < -0.3 is 14.2 Å². The first-order chi connectivity index (χ1) is 10.0. The van der Waals surface area contributed by atoms with Crippen LogP contribution in [-0.4, -0.2) is 32.3 Å². The number of methoxy groups -OCH3 is 1. The van der Waals surface area contributed by atoms with Gasteiger partial charge in [0.2, 0.25) is 0 Å². The summed E-state index contributed by atoms with van der Waals surface area (Å²) in [5, 5.41) is 8.97. The van der Waals surface area contributed by atoms with Gasteiger partial charge in [-0.15, -0.1) is 0 Å². The van der Waals surface area contributed by atoms with Gasteiger partial charge in [-0.05, 0) is 25.1 Å². The summed E-state index contributed by atoms with van der Waals surface area (Å²) in [6, 6.07) is 5.96. The number of nitrogens with zero attached hydrogens (tertiary/aromatic N) is 1. The average Bonchev–Trinajstić information content (AvgIpc) is 2.47. The van der Waals surface area contributed by atoms with E-state index in [4.69, 9.17) is 19.5 Å². The van der Waals surface area contributed by atoms with Gasteiger partial charge in [0.1, 0.15) is 11.8 Å². The quantitative estimate of drug-likeness (QED) is 0.451. The summed E-state index contributed by atoms with van der Waals surface area (Å²) in [7, 11) is 1.43. The fraction of sp³-hybridized carbons (Fsp3) is 0.267. The highest BCUT2D eigenvalue weighted by Gasteiger charge is 2.16. The van der Waals surface area contributed by atoms with Crippen LogP contribution in [0, 0.1) is 11.3 Å². The standard InChI is InChI=1S/C15H15NO5/c1-4-20-15(18)13-7-12(6-5-11(13)8-16)21-14(17)10(2)9-19-3/h5-7H,2,4,9H2,1,3H3. The first kappa shape index (κ1) is 16.4. The molecule has 0 aliphatic carbocycles. The van der Waals surface area contributed by atoms with E-state index in [0.717, 1.165) is 0 Å². The van der Waals surface area contributed by atoms with Gasteiger partial charge in [0.15, 0.2) is 0 Å². The Morgan fingerprint density at radius 2 is 2.10 bits per heavy atom. The monoisotopic (exact) mass is 289 g/mol. The van der Waals surface area contributed by atoms with Crippen LogP contribution in [-0.2, 0) is 14.3 Å². The number of hydrogen-bond donors (Lipinski definition) is 0. The second-order valence-corrected chi connectivity index (χ2v) is 3.97. The lowest BCUT2D eigenvalue weighted by atomic mass is 10.1. The fourth-order valence-electron chi connectivity index (χ4n) is 1.47. The second-order valence-electron chi connectivity index (χ2n) is 3.97. The third kappa shape index (κ3) is 4.44. The molecule has 0 aliphatic rings. The van der Waals surface area contributed by atoms with E-state index >= 15 is 0 Å². The SMILES string of the molecule is C=C(COC)C(=O)Oc1ccc(C#N)c(C(=O)OCC)c1. The summed E-state index contributed by atoms with van der Waals surface area (Å²) in [6.45, 7) is 5.39. The van der Waals surface area contributed by atoms with Crippen LogP contribution in [0.3, 0.4) is 0 Å². The van der Waals surface area contributed by atoms with Gasteiger partial charge in [-0.2, -0.15) is 5.26 Å². The first-order valence-corrected chi connectivity index (χ1v) is 6.13. The van der Waals surface area contributed by atoms with Crippen LogP contribution < -0.4 is 4.74 Å². The maximum absolute atomic E-state index is 11.7. The van der Waals surface area contributed by atoms with Gasteiger partial charge in [0.05, 0.1) is 29.9 Å². The Kier molecular flexibility index (Phi) is 6.11. The van der Waals surface area contributed by atoms with Crippen LogP contribution in [0.2, 0.25) is 0 Å². The van der Waals surface area contributed by atoms with Crippen LogP contribution in [0.25, 0.3) is 0 Å². The maximum Gasteiger partial charge on any atom is 0.341 e. The van der Waals surface area contributed by atoms with Crippen LogP contribution in [0.5, 0.6) is 5.75 Å². The Morgan fingerprint density at radius 1 is 1.38 bits per heavy atom. The number of nitriles is 1. The summed E-state index contributed by atoms with van der Waals surface area (Å²) < 4.78 is 14.7. The molecular formula is C15H15NO5. The van der Waals surface area contributed by atoms with E-state index in [0.29, 0.717) is 0 Å². The molecule has 0 fully saturated rings. The first-order valence-electron chi connectivity index (χ1n) is 6.13. The van der Waals surface area contributed by atoms with Crippen molar-refractivity contribution in [3.63, 3.8) is 0 Å². The number of carbonyl (C=O) groups excluding carboxylic acids is 2. The normalized spacial score (nSPS) is 9.57. The minimum atomic E-state index is -0.670. The van der Waals surface area contributed by atoms with Crippen molar-refractivity contribution in [1.82, 2.24) is 0 Å². The topological polar surface area (TPSA) is 85.6 Å². The molecule has 1 aromatic rings. The van der Waals surface area contributed by atoms with Gasteiger partial charge >= 0.3 is 11.9 Å². The summed E-state index contributed by atoms with van der Waals surface area (Å²) in [4.78, 5) is 23.4. The molecule has 0 atom stereocenters. The van der Waals surface area contributed by atoms with Crippen LogP contribution in [0.15, 0.2) is 30.4 Å².